The number of carbonyl (C=O) groups excluding carboxylic acids is 1. The number of methoxy groups -OCH3 is 3. The Bertz CT molecular complexity index is 743. The summed E-state index contributed by atoms with van der Waals surface area (Å²) in [5.74, 6) is 2.26. The van der Waals surface area contributed by atoms with Crippen LogP contribution >= 0.6 is 24.0 Å². The average molecular weight is 536 g/mol. The molecule has 0 radical (unpaired) electrons. The Morgan fingerprint density at radius 1 is 0.967 bits per heavy atom. The quantitative estimate of drug-likeness (QED) is 0.351. The van der Waals surface area contributed by atoms with E-state index < -0.39 is 5.60 Å². The molecule has 1 aromatic rings. The second-order valence-electron chi connectivity index (χ2n) is 7.65. The summed E-state index contributed by atoms with van der Waals surface area (Å²) in [4.78, 5) is 20.3. The highest BCUT2D eigenvalue weighted by molar-refractivity contribution is 14.0. The Kier molecular flexibility index (Phi) is 9.79. The molecule has 1 aromatic carbocycles. The van der Waals surface area contributed by atoms with Crippen molar-refractivity contribution in [1.29, 1.82) is 0 Å². The highest BCUT2D eigenvalue weighted by atomic mass is 127. The van der Waals surface area contributed by atoms with Gasteiger partial charge in [-0.25, -0.2) is 9.79 Å². The van der Waals surface area contributed by atoms with Crippen molar-refractivity contribution in [3.8, 4) is 17.2 Å². The van der Waals surface area contributed by atoms with Crippen LogP contribution in [-0.2, 0) is 11.3 Å². The predicted octanol–water partition coefficient (Wildman–Crippen LogP) is 2.70. The van der Waals surface area contributed by atoms with Crippen LogP contribution in [0.5, 0.6) is 17.2 Å². The second-order valence-corrected chi connectivity index (χ2v) is 7.65. The van der Waals surface area contributed by atoms with Crippen molar-refractivity contribution >= 4 is 36.0 Å². The Morgan fingerprint density at radius 3 is 1.97 bits per heavy atom. The minimum Gasteiger partial charge on any atom is -0.496 e. The molecule has 1 fully saturated rings. The number of hydrogen-bond donors (Lipinski definition) is 1. The van der Waals surface area contributed by atoms with Gasteiger partial charge in [-0.2, -0.15) is 0 Å². The number of hydrogen-bond acceptors (Lipinski definition) is 6. The molecule has 0 bridgehead atoms. The van der Waals surface area contributed by atoms with Gasteiger partial charge in [0.15, 0.2) is 17.5 Å². The summed E-state index contributed by atoms with van der Waals surface area (Å²) in [5.41, 5.74) is 6.51. The molecule has 0 atom stereocenters. The van der Waals surface area contributed by atoms with Crippen molar-refractivity contribution in [1.82, 2.24) is 9.80 Å². The number of aliphatic imine (C=N–C) groups is 1. The number of amides is 1. The number of guanidine groups is 1. The fourth-order valence-corrected chi connectivity index (χ4v) is 2.93. The molecule has 0 aromatic heterocycles. The first-order valence-corrected chi connectivity index (χ1v) is 9.50. The summed E-state index contributed by atoms with van der Waals surface area (Å²) >= 11 is 0. The van der Waals surface area contributed by atoms with E-state index in [1.807, 2.05) is 31.7 Å². The topological polar surface area (TPSA) is 98.8 Å². The SMILES string of the molecule is COc1cc(OC)c(OC)cc1CN=C(N)N1CCN(C(=O)OC(C)(C)C)CC1.I. The molecule has 10 heteroatoms. The van der Waals surface area contributed by atoms with Gasteiger partial charge in [0, 0.05) is 37.8 Å². The van der Waals surface area contributed by atoms with E-state index in [0.29, 0.717) is 55.9 Å². The number of carbonyl (C=O) groups is 1. The lowest BCUT2D eigenvalue weighted by atomic mass is 10.1. The van der Waals surface area contributed by atoms with E-state index in [1.165, 1.54) is 0 Å². The molecular formula is C20H33IN4O5. The zero-order chi connectivity index (χ0) is 21.6. The summed E-state index contributed by atoms with van der Waals surface area (Å²) in [5, 5.41) is 0. The Morgan fingerprint density at radius 2 is 1.47 bits per heavy atom. The van der Waals surface area contributed by atoms with E-state index in [1.54, 1.807) is 32.3 Å². The molecule has 1 aliphatic rings. The van der Waals surface area contributed by atoms with Crippen LogP contribution in [0.15, 0.2) is 17.1 Å². The number of piperazine rings is 1. The summed E-state index contributed by atoms with van der Waals surface area (Å²) in [6.07, 6.45) is -0.303. The van der Waals surface area contributed by atoms with Crippen molar-refractivity contribution in [3.63, 3.8) is 0 Å². The zero-order valence-electron chi connectivity index (χ0n) is 18.6. The maximum absolute atomic E-state index is 12.2. The van der Waals surface area contributed by atoms with Crippen molar-refractivity contribution in [2.24, 2.45) is 10.7 Å². The number of halogens is 1. The molecule has 0 spiro atoms. The molecule has 170 valence electrons. The Labute approximate surface area is 195 Å². The molecule has 30 heavy (non-hydrogen) atoms. The summed E-state index contributed by atoms with van der Waals surface area (Å²) in [7, 11) is 4.74. The van der Waals surface area contributed by atoms with Crippen molar-refractivity contribution in [2.45, 2.75) is 32.9 Å². The first-order chi connectivity index (χ1) is 13.7. The fraction of sp³-hybridized carbons (Fsp3) is 0.600. The first kappa shape index (κ1) is 25.9. The van der Waals surface area contributed by atoms with Gasteiger partial charge >= 0.3 is 6.09 Å². The van der Waals surface area contributed by atoms with Gasteiger partial charge in [0.05, 0.1) is 27.9 Å². The largest absolute Gasteiger partial charge is 0.496 e. The lowest BCUT2D eigenvalue weighted by Gasteiger charge is -2.36. The summed E-state index contributed by atoms with van der Waals surface area (Å²) < 4.78 is 21.5. The normalized spacial score (nSPS) is 14.7. The van der Waals surface area contributed by atoms with Crippen molar-refractivity contribution in [2.75, 3.05) is 47.5 Å². The molecule has 2 N–H and O–H groups in total. The molecule has 0 saturated carbocycles. The standard InChI is InChI=1S/C20H32N4O5.HI/c1-20(2,3)29-19(25)24-9-7-23(8-10-24)18(21)22-13-14-11-16(27-5)17(28-6)12-15(14)26-4;/h11-12H,7-10,13H2,1-6H3,(H2,21,22);1H. The van der Waals surface area contributed by atoms with Crippen LogP contribution in [0.25, 0.3) is 0 Å². The van der Waals surface area contributed by atoms with E-state index in [4.69, 9.17) is 24.7 Å². The third-order valence-corrected chi connectivity index (χ3v) is 4.45. The smallest absolute Gasteiger partial charge is 0.410 e. The maximum atomic E-state index is 12.2. The molecule has 0 aliphatic carbocycles. The first-order valence-electron chi connectivity index (χ1n) is 9.50. The molecule has 2 rings (SSSR count). The third-order valence-electron chi connectivity index (χ3n) is 4.45. The highest BCUT2D eigenvalue weighted by Gasteiger charge is 2.26. The minimum atomic E-state index is -0.507. The van der Waals surface area contributed by atoms with Gasteiger partial charge in [0.25, 0.3) is 0 Å². The van der Waals surface area contributed by atoms with Crippen LogP contribution < -0.4 is 19.9 Å². The van der Waals surface area contributed by atoms with Gasteiger partial charge in [0.2, 0.25) is 0 Å². The van der Waals surface area contributed by atoms with Gasteiger partial charge in [-0.15, -0.1) is 24.0 Å². The van der Waals surface area contributed by atoms with Crippen molar-refractivity contribution in [3.05, 3.63) is 17.7 Å². The van der Waals surface area contributed by atoms with E-state index in [-0.39, 0.29) is 30.1 Å². The monoisotopic (exact) mass is 536 g/mol. The average Bonchev–Trinajstić information content (AvgIpc) is 2.70. The van der Waals surface area contributed by atoms with Crippen LogP contribution in [0.1, 0.15) is 26.3 Å². The van der Waals surface area contributed by atoms with Crippen LogP contribution in [0.4, 0.5) is 4.79 Å². The van der Waals surface area contributed by atoms with E-state index in [2.05, 4.69) is 4.99 Å². The number of ether oxygens (including phenoxy) is 4. The molecule has 1 amide bonds. The third kappa shape index (κ3) is 6.99. The van der Waals surface area contributed by atoms with Crippen LogP contribution in [0.2, 0.25) is 0 Å². The molecule has 0 unspecified atom stereocenters. The number of nitrogens with zero attached hydrogens (tertiary/aromatic N) is 3. The molecular weight excluding hydrogens is 503 g/mol. The van der Waals surface area contributed by atoms with Gasteiger partial charge < -0.3 is 34.5 Å². The van der Waals surface area contributed by atoms with Crippen LogP contribution in [-0.4, -0.2) is 75.0 Å². The number of benzene rings is 1. The molecule has 1 saturated heterocycles. The molecule has 9 nitrogen and oxygen atoms in total. The second kappa shape index (κ2) is 11.3. The van der Waals surface area contributed by atoms with Gasteiger partial charge in [-0.1, -0.05) is 0 Å². The minimum absolute atomic E-state index is 0. The van der Waals surface area contributed by atoms with E-state index in [0.717, 1.165) is 5.56 Å². The lowest BCUT2D eigenvalue weighted by Crippen LogP contribution is -2.53. The van der Waals surface area contributed by atoms with E-state index >= 15 is 0 Å². The fourth-order valence-electron chi connectivity index (χ4n) is 2.93. The highest BCUT2D eigenvalue weighted by Crippen LogP contribution is 2.34. The van der Waals surface area contributed by atoms with Gasteiger partial charge in [-0.3, -0.25) is 0 Å². The Balaban J connectivity index is 0.00000450. The van der Waals surface area contributed by atoms with Gasteiger partial charge in [0.1, 0.15) is 11.4 Å². The Hall–Kier alpha value is -2.11. The van der Waals surface area contributed by atoms with Crippen LogP contribution in [0.3, 0.4) is 0 Å². The van der Waals surface area contributed by atoms with Crippen molar-refractivity contribution < 1.29 is 23.7 Å². The van der Waals surface area contributed by atoms with E-state index in [9.17, 15) is 4.79 Å². The van der Waals surface area contributed by atoms with Crippen LogP contribution in [0, 0.1) is 0 Å². The molecule has 1 heterocycles. The predicted molar refractivity (Wildman–Crippen MR) is 126 cm³/mol. The summed E-state index contributed by atoms with van der Waals surface area (Å²) in [6.45, 7) is 8.16. The molecule has 1 aliphatic heterocycles. The zero-order valence-corrected chi connectivity index (χ0v) is 20.9. The lowest BCUT2D eigenvalue weighted by molar-refractivity contribution is 0.0186. The van der Waals surface area contributed by atoms with Gasteiger partial charge in [-0.05, 0) is 26.8 Å². The summed E-state index contributed by atoms with van der Waals surface area (Å²) in [6, 6.07) is 3.59. The number of rotatable bonds is 5. The maximum Gasteiger partial charge on any atom is 0.410 e. The number of nitrogens with two attached hydrogens (primary N) is 1.